The predicted molar refractivity (Wildman–Crippen MR) is 22.7 cm³/mol. The average Bonchev–Trinajstić information content (AvgIpc) is 1.62. The Balaban J connectivity index is 4.57. The minimum absolute atomic E-state index is 1.92. The van der Waals surface area contributed by atoms with Gasteiger partial charge in [-0.3, -0.25) is 4.79 Å². The van der Waals surface area contributed by atoms with Gasteiger partial charge in [0.2, 0.25) is 0 Å². The van der Waals surface area contributed by atoms with Crippen LogP contribution in [0.2, 0.25) is 0 Å². The molecule has 0 aliphatic rings. The molecule has 0 radical (unpaired) electrons. The highest BCUT2D eigenvalue weighted by molar-refractivity contribution is 5.73. The molecule has 0 unspecified atom stereocenters. The Bertz CT molecular complexity index is 152. The largest absolute Gasteiger partial charge is 0.480 e. The van der Waals surface area contributed by atoms with Crippen LogP contribution >= 0.6 is 0 Å². The molecule has 0 aromatic rings. The summed E-state index contributed by atoms with van der Waals surface area (Å²) in [6, 6.07) is -3.01. The summed E-state index contributed by atoms with van der Waals surface area (Å²) in [6.45, 7) is -3.24. The molecule has 4 N–H and O–H groups in total. The number of aliphatic carboxylic acids is 1. The number of carboxylic acid groups (broad SMARTS) is 1. The molecule has 0 aliphatic heterocycles. The molecule has 0 bridgehead atoms. The van der Waals surface area contributed by atoms with Crippen LogP contribution < -0.4 is 5.73 Å². The molecule has 7 heavy (non-hydrogen) atoms. The Labute approximate surface area is 44.8 Å². The van der Waals surface area contributed by atoms with E-state index >= 15 is 0 Å². The first-order chi connectivity index (χ1) is 4.19. The third-order valence-electron chi connectivity index (χ3n) is 0.351. The van der Waals surface area contributed by atoms with E-state index < -0.39 is 18.5 Å². The molecule has 4 nitrogen and oxygen atoms in total. The third-order valence-corrected chi connectivity index (χ3v) is 0.351. The summed E-state index contributed by atoms with van der Waals surface area (Å²) in [7, 11) is 0. The van der Waals surface area contributed by atoms with Crippen molar-refractivity contribution in [3.63, 3.8) is 0 Å². The highest BCUT2D eigenvalue weighted by atomic mass is 16.4. The molecule has 0 aromatic carbocycles. The van der Waals surface area contributed by atoms with Crippen molar-refractivity contribution in [2.75, 3.05) is 6.56 Å². The summed E-state index contributed by atoms with van der Waals surface area (Å²) < 4.78 is 19.4. The van der Waals surface area contributed by atoms with Crippen LogP contribution in [0.3, 0.4) is 0 Å². The van der Waals surface area contributed by atoms with Crippen molar-refractivity contribution in [3.05, 3.63) is 0 Å². The summed E-state index contributed by atoms with van der Waals surface area (Å²) in [4.78, 5) is 9.96. The smallest absolute Gasteiger partial charge is 0.322 e. The Morgan fingerprint density at radius 3 is 2.71 bits per heavy atom. The minimum atomic E-state index is -3.24. The fourth-order valence-electron chi connectivity index (χ4n) is 0.0478. The van der Waals surface area contributed by atoms with Crippen LogP contribution in [0.1, 0.15) is 4.11 Å². The summed E-state index contributed by atoms with van der Waals surface area (Å²) in [5.74, 6) is -1.92. The molecule has 0 fully saturated rings. The van der Waals surface area contributed by atoms with E-state index in [9.17, 15) is 4.79 Å². The van der Waals surface area contributed by atoms with E-state index in [2.05, 4.69) is 5.73 Å². The van der Waals surface area contributed by atoms with Gasteiger partial charge in [-0.2, -0.15) is 0 Å². The van der Waals surface area contributed by atoms with Crippen molar-refractivity contribution in [1.82, 2.24) is 0 Å². The van der Waals surface area contributed by atoms with Gasteiger partial charge in [0.15, 0.2) is 0 Å². The molecule has 0 aromatic heterocycles. The molecule has 4 heteroatoms. The number of rotatable bonds is 2. The fraction of sp³-hybridized carbons (Fsp3) is 0.667. The van der Waals surface area contributed by atoms with Gasteiger partial charge in [0.25, 0.3) is 0 Å². The standard InChI is InChI=1S/C3H7NO3/c4-2(1-5)3(6)7/h2,5H,1,4H2,(H,6,7)/t2-/m1/s1/i1D2,2D. The molecule has 0 saturated carbocycles. The second kappa shape index (κ2) is 2.54. The molecule has 1 atom stereocenters. The molecular weight excluding hydrogens is 98.0 g/mol. The van der Waals surface area contributed by atoms with Gasteiger partial charge in [0.1, 0.15) is 6.02 Å². The van der Waals surface area contributed by atoms with E-state index in [0.717, 1.165) is 0 Å². The average molecular weight is 108 g/mol. The zero-order valence-corrected chi connectivity index (χ0v) is 3.38. The minimum Gasteiger partial charge on any atom is -0.480 e. The number of hydrogen-bond acceptors (Lipinski definition) is 3. The maximum Gasteiger partial charge on any atom is 0.322 e. The lowest BCUT2D eigenvalue weighted by Crippen LogP contribution is -2.33. The topological polar surface area (TPSA) is 83.5 Å². The Hall–Kier alpha value is -0.610. The van der Waals surface area contributed by atoms with Crippen LogP contribution in [0, 0.1) is 0 Å². The van der Waals surface area contributed by atoms with Gasteiger partial charge in [-0.05, 0) is 0 Å². The molecule has 0 rings (SSSR count). The first-order valence-electron chi connectivity index (χ1n) is 2.94. The van der Waals surface area contributed by atoms with Crippen LogP contribution in [-0.4, -0.2) is 28.8 Å². The van der Waals surface area contributed by atoms with Crippen molar-refractivity contribution < 1.29 is 19.1 Å². The fourth-order valence-corrected chi connectivity index (χ4v) is 0.0478. The molecule has 0 amide bonds. The van der Waals surface area contributed by atoms with Crippen molar-refractivity contribution in [2.45, 2.75) is 6.02 Å². The van der Waals surface area contributed by atoms with Gasteiger partial charge in [-0.1, -0.05) is 0 Å². The summed E-state index contributed by atoms with van der Waals surface area (Å²) in [5, 5.41) is 16.4. The van der Waals surface area contributed by atoms with Crippen molar-refractivity contribution >= 4 is 5.97 Å². The van der Waals surface area contributed by atoms with Gasteiger partial charge in [0.05, 0.1) is 10.7 Å². The highest BCUT2D eigenvalue weighted by Gasteiger charge is 2.06. The Morgan fingerprint density at radius 2 is 2.71 bits per heavy atom. The quantitative estimate of drug-likeness (QED) is 0.397. The third kappa shape index (κ3) is 2.13. The normalized spacial score (nSPS) is 26.3. The van der Waals surface area contributed by atoms with Crippen molar-refractivity contribution in [2.24, 2.45) is 5.73 Å². The van der Waals surface area contributed by atoms with Crippen LogP contribution in [0.5, 0.6) is 0 Å². The molecular formula is C3H7NO3. The van der Waals surface area contributed by atoms with Crippen LogP contribution in [-0.2, 0) is 4.79 Å². The van der Waals surface area contributed by atoms with E-state index in [1.54, 1.807) is 0 Å². The number of carbonyl (C=O) groups is 1. The number of aliphatic hydroxyl groups is 1. The van der Waals surface area contributed by atoms with Gasteiger partial charge in [-0.15, -0.1) is 0 Å². The SMILES string of the molecule is [2H]C([2H])(O)[C@@]([2H])(N)C(=O)O. The second-order valence-corrected chi connectivity index (χ2v) is 0.831. The van der Waals surface area contributed by atoms with Crippen LogP contribution in [0.25, 0.3) is 0 Å². The van der Waals surface area contributed by atoms with E-state index in [-0.39, 0.29) is 0 Å². The maximum atomic E-state index is 9.96. The number of carboxylic acids is 1. The van der Waals surface area contributed by atoms with Gasteiger partial charge in [-0.25, -0.2) is 0 Å². The maximum absolute atomic E-state index is 9.96. The predicted octanol–water partition coefficient (Wildman–Crippen LogP) is -1.61. The molecule has 0 saturated heterocycles. The molecule has 42 valence electrons. The zero-order valence-electron chi connectivity index (χ0n) is 6.38. The summed E-state index contributed by atoms with van der Waals surface area (Å²) in [5.41, 5.74) is 4.58. The van der Waals surface area contributed by atoms with Crippen LogP contribution in [0.15, 0.2) is 0 Å². The Morgan fingerprint density at radius 1 is 2.29 bits per heavy atom. The van der Waals surface area contributed by atoms with Crippen LogP contribution in [0.4, 0.5) is 0 Å². The number of nitrogens with two attached hydrogens (primary N) is 1. The number of hydrogen-bond donors (Lipinski definition) is 3. The van der Waals surface area contributed by atoms with Crippen molar-refractivity contribution in [3.8, 4) is 0 Å². The summed E-state index contributed by atoms with van der Waals surface area (Å²) >= 11 is 0. The van der Waals surface area contributed by atoms with Gasteiger partial charge >= 0.3 is 5.97 Å². The molecule has 0 aliphatic carbocycles. The lowest BCUT2D eigenvalue weighted by molar-refractivity contribution is -0.139. The van der Waals surface area contributed by atoms with Gasteiger partial charge in [0, 0.05) is 0 Å². The Kier molecular flexibility index (Phi) is 0.958. The highest BCUT2D eigenvalue weighted by Crippen LogP contribution is 1.71. The molecule has 0 spiro atoms. The van der Waals surface area contributed by atoms with E-state index in [4.69, 9.17) is 14.3 Å². The first kappa shape index (κ1) is 2.64. The van der Waals surface area contributed by atoms with Gasteiger partial charge < -0.3 is 15.9 Å². The monoisotopic (exact) mass is 108 g/mol. The van der Waals surface area contributed by atoms with E-state index in [1.807, 2.05) is 0 Å². The lowest BCUT2D eigenvalue weighted by Gasteiger charge is -1.96. The second-order valence-electron chi connectivity index (χ2n) is 0.831. The van der Waals surface area contributed by atoms with Crippen molar-refractivity contribution in [1.29, 1.82) is 0 Å². The lowest BCUT2D eigenvalue weighted by atomic mass is 10.3. The molecule has 0 heterocycles. The zero-order chi connectivity index (χ0) is 8.58. The van der Waals surface area contributed by atoms with E-state index in [1.165, 1.54) is 0 Å². The van der Waals surface area contributed by atoms with E-state index in [0.29, 0.717) is 0 Å². The summed E-state index contributed by atoms with van der Waals surface area (Å²) in [6.07, 6.45) is 0. The first-order valence-corrected chi connectivity index (χ1v) is 1.44.